The van der Waals surface area contributed by atoms with Gasteiger partial charge in [-0.15, -0.1) is 0 Å². The Labute approximate surface area is 61.3 Å². The Hall–Kier alpha value is -0.810. The maximum absolute atomic E-state index is 9.81. The van der Waals surface area contributed by atoms with Gasteiger partial charge in [0.2, 0.25) is 0 Å². The summed E-state index contributed by atoms with van der Waals surface area (Å²) in [6, 6.07) is -0.554. The second-order valence-electron chi connectivity index (χ2n) is 1.52. The van der Waals surface area contributed by atoms with Crippen LogP contribution < -0.4 is 21.9 Å². The van der Waals surface area contributed by atoms with Crippen LogP contribution in [0.15, 0.2) is 0 Å². The third-order valence-corrected chi connectivity index (χ3v) is 0.388. The molecule has 0 fully saturated rings. The summed E-state index contributed by atoms with van der Waals surface area (Å²) in [5, 5.41) is 2.75. The molecule has 0 saturated heterocycles. The molecule has 0 aliphatic carbocycles. The van der Waals surface area contributed by atoms with Crippen molar-refractivity contribution >= 4 is 6.03 Å². The SMILES string of the molecule is CCNNC(N)=O.CNC. The highest BCUT2D eigenvalue weighted by Crippen LogP contribution is 1.46. The van der Waals surface area contributed by atoms with Crippen molar-refractivity contribution in [1.29, 1.82) is 0 Å². The van der Waals surface area contributed by atoms with Crippen LogP contribution in [-0.2, 0) is 0 Å². The molecule has 0 aromatic rings. The van der Waals surface area contributed by atoms with E-state index in [9.17, 15) is 4.79 Å². The lowest BCUT2D eigenvalue weighted by molar-refractivity contribution is 0.245. The lowest BCUT2D eigenvalue weighted by Crippen LogP contribution is -2.40. The van der Waals surface area contributed by atoms with Crippen molar-refractivity contribution in [2.24, 2.45) is 5.73 Å². The molecule has 0 aromatic carbocycles. The van der Waals surface area contributed by atoms with Gasteiger partial charge in [0.15, 0.2) is 0 Å². The highest BCUT2D eigenvalue weighted by Gasteiger charge is 1.81. The number of hydrazine groups is 1. The van der Waals surface area contributed by atoms with E-state index in [2.05, 4.69) is 21.9 Å². The Kier molecular flexibility index (Phi) is 13.2. The zero-order valence-electron chi connectivity index (χ0n) is 6.69. The van der Waals surface area contributed by atoms with E-state index in [1.165, 1.54) is 0 Å². The zero-order chi connectivity index (χ0) is 8.41. The number of carbonyl (C=O) groups excluding carboxylic acids is 1. The van der Waals surface area contributed by atoms with Crippen LogP contribution in [0, 0.1) is 0 Å². The summed E-state index contributed by atoms with van der Waals surface area (Å²) in [5.74, 6) is 0. The number of amides is 2. The van der Waals surface area contributed by atoms with Crippen LogP contribution in [0.4, 0.5) is 4.79 Å². The Morgan fingerprint density at radius 2 is 1.90 bits per heavy atom. The molecule has 0 radical (unpaired) electrons. The summed E-state index contributed by atoms with van der Waals surface area (Å²) < 4.78 is 0. The van der Waals surface area contributed by atoms with E-state index in [0.717, 1.165) is 0 Å². The minimum absolute atomic E-state index is 0.554. The van der Waals surface area contributed by atoms with Crippen LogP contribution in [-0.4, -0.2) is 26.7 Å². The second-order valence-corrected chi connectivity index (χ2v) is 1.52. The highest BCUT2D eigenvalue weighted by molar-refractivity contribution is 5.70. The van der Waals surface area contributed by atoms with Gasteiger partial charge < -0.3 is 11.1 Å². The minimum atomic E-state index is -0.554. The van der Waals surface area contributed by atoms with Gasteiger partial charge >= 0.3 is 6.03 Å². The number of carbonyl (C=O) groups is 1. The fourth-order valence-electron chi connectivity index (χ4n) is 0.176. The number of hydrogen-bond acceptors (Lipinski definition) is 3. The minimum Gasteiger partial charge on any atom is -0.351 e. The van der Waals surface area contributed by atoms with Crippen molar-refractivity contribution in [3.8, 4) is 0 Å². The summed E-state index contributed by atoms with van der Waals surface area (Å²) in [5.41, 5.74) is 9.37. The summed E-state index contributed by atoms with van der Waals surface area (Å²) >= 11 is 0. The molecule has 0 aromatic heterocycles. The summed E-state index contributed by atoms with van der Waals surface area (Å²) in [6.45, 7) is 2.54. The monoisotopic (exact) mass is 148 g/mol. The highest BCUT2D eigenvalue weighted by atomic mass is 16.2. The lowest BCUT2D eigenvalue weighted by Gasteiger charge is -1.96. The van der Waals surface area contributed by atoms with Crippen LogP contribution in [0.25, 0.3) is 0 Å². The third kappa shape index (κ3) is 27.1. The molecule has 5 N–H and O–H groups in total. The number of primary amides is 1. The molecule has 10 heavy (non-hydrogen) atoms. The Bertz CT molecular complexity index is 76.0. The number of urea groups is 1. The molecular formula is C5H16N4O. The van der Waals surface area contributed by atoms with E-state index >= 15 is 0 Å². The van der Waals surface area contributed by atoms with Crippen molar-refractivity contribution in [3.05, 3.63) is 0 Å². The van der Waals surface area contributed by atoms with Crippen LogP contribution in [0.2, 0.25) is 0 Å². The van der Waals surface area contributed by atoms with Crippen LogP contribution in [0.5, 0.6) is 0 Å². The molecule has 2 amide bonds. The standard InChI is InChI=1S/C3H9N3O.C2H7N/c1-2-5-6-3(4)7;1-3-2/h5H,2H2,1H3,(H3,4,6,7);3H,1-2H3. The van der Waals surface area contributed by atoms with Crippen molar-refractivity contribution in [3.63, 3.8) is 0 Å². The van der Waals surface area contributed by atoms with Crippen molar-refractivity contribution in [1.82, 2.24) is 16.2 Å². The molecule has 62 valence electrons. The Balaban J connectivity index is 0. The number of hydrogen-bond donors (Lipinski definition) is 4. The summed E-state index contributed by atoms with van der Waals surface area (Å²) in [6.07, 6.45) is 0. The fourth-order valence-corrected chi connectivity index (χ4v) is 0.176. The number of rotatable bonds is 2. The molecule has 0 bridgehead atoms. The first-order valence-electron chi connectivity index (χ1n) is 3.05. The quantitative estimate of drug-likeness (QED) is 0.380. The third-order valence-electron chi connectivity index (χ3n) is 0.388. The molecule has 0 unspecified atom stereocenters. The van der Waals surface area contributed by atoms with Gasteiger partial charge in [-0.25, -0.2) is 10.2 Å². The van der Waals surface area contributed by atoms with Crippen molar-refractivity contribution in [2.75, 3.05) is 20.6 Å². The predicted molar refractivity (Wildman–Crippen MR) is 41.4 cm³/mol. The molecule has 5 heteroatoms. The van der Waals surface area contributed by atoms with E-state index in [1.54, 1.807) is 0 Å². The number of nitrogens with two attached hydrogens (primary N) is 1. The van der Waals surface area contributed by atoms with Gasteiger partial charge in [-0.1, -0.05) is 6.92 Å². The average Bonchev–Trinajstić information content (AvgIpc) is 1.85. The number of nitrogens with one attached hydrogen (secondary N) is 3. The molecule has 0 aliphatic rings. The Morgan fingerprint density at radius 1 is 1.50 bits per heavy atom. The second kappa shape index (κ2) is 11.0. The van der Waals surface area contributed by atoms with Crippen LogP contribution in [0.3, 0.4) is 0 Å². The maximum atomic E-state index is 9.81. The largest absolute Gasteiger partial charge is 0.351 e. The van der Waals surface area contributed by atoms with Gasteiger partial charge in [-0.3, -0.25) is 5.43 Å². The van der Waals surface area contributed by atoms with Crippen LogP contribution >= 0.6 is 0 Å². The predicted octanol–water partition coefficient (Wildman–Crippen LogP) is -0.985. The van der Waals surface area contributed by atoms with Crippen molar-refractivity contribution < 1.29 is 4.79 Å². The molecule has 5 nitrogen and oxygen atoms in total. The van der Waals surface area contributed by atoms with Gasteiger partial charge in [0.25, 0.3) is 0 Å². The van der Waals surface area contributed by atoms with Crippen LogP contribution in [0.1, 0.15) is 6.92 Å². The first-order chi connectivity index (χ1) is 4.68. The van der Waals surface area contributed by atoms with Gasteiger partial charge in [0, 0.05) is 6.54 Å². The van der Waals surface area contributed by atoms with Gasteiger partial charge in [0.05, 0.1) is 0 Å². The van der Waals surface area contributed by atoms with E-state index < -0.39 is 6.03 Å². The fraction of sp³-hybridized carbons (Fsp3) is 0.800. The Morgan fingerprint density at radius 3 is 2.00 bits per heavy atom. The molecule has 0 rings (SSSR count). The first-order valence-corrected chi connectivity index (χ1v) is 3.05. The van der Waals surface area contributed by atoms with E-state index in [1.807, 2.05) is 21.0 Å². The zero-order valence-corrected chi connectivity index (χ0v) is 6.69. The molecular weight excluding hydrogens is 132 g/mol. The molecule has 0 atom stereocenters. The topological polar surface area (TPSA) is 79.2 Å². The molecule has 0 saturated carbocycles. The molecule has 0 heterocycles. The summed E-state index contributed by atoms with van der Waals surface area (Å²) in [7, 11) is 3.75. The van der Waals surface area contributed by atoms with Gasteiger partial charge in [-0.05, 0) is 14.1 Å². The average molecular weight is 148 g/mol. The van der Waals surface area contributed by atoms with E-state index in [-0.39, 0.29) is 0 Å². The lowest BCUT2D eigenvalue weighted by atomic mass is 10.8. The van der Waals surface area contributed by atoms with Gasteiger partial charge in [-0.2, -0.15) is 0 Å². The first kappa shape index (κ1) is 11.9. The van der Waals surface area contributed by atoms with Crippen molar-refractivity contribution in [2.45, 2.75) is 6.92 Å². The maximum Gasteiger partial charge on any atom is 0.326 e. The smallest absolute Gasteiger partial charge is 0.326 e. The molecule has 0 spiro atoms. The normalized spacial score (nSPS) is 7.50. The molecule has 0 aliphatic heterocycles. The van der Waals surface area contributed by atoms with Gasteiger partial charge in [0.1, 0.15) is 0 Å². The van der Waals surface area contributed by atoms with E-state index in [4.69, 9.17) is 0 Å². The summed E-state index contributed by atoms with van der Waals surface area (Å²) in [4.78, 5) is 9.81. The van der Waals surface area contributed by atoms with E-state index in [0.29, 0.717) is 6.54 Å².